The van der Waals surface area contributed by atoms with Gasteiger partial charge < -0.3 is 15.5 Å². The lowest BCUT2D eigenvalue weighted by Gasteiger charge is -2.03. The molecule has 0 aromatic heterocycles. The average Bonchev–Trinajstić information content (AvgIpc) is 2.14. The first-order valence-corrected chi connectivity index (χ1v) is 7.60. The van der Waals surface area contributed by atoms with Crippen LogP contribution in [-0.4, -0.2) is 22.5 Å². The lowest BCUT2D eigenvalue weighted by atomic mass is 10.1. The molecular weight excluding hydrogens is 213 g/mol. The summed E-state index contributed by atoms with van der Waals surface area (Å²) in [6.07, 6.45) is 8.65. The molecule has 0 fully saturated rings. The van der Waals surface area contributed by atoms with E-state index < -0.39 is 7.60 Å². The van der Waals surface area contributed by atoms with Crippen LogP contribution in [0.15, 0.2) is 0 Å². The molecule has 0 atom stereocenters. The third-order valence-corrected chi connectivity index (χ3v) is 3.30. The molecule has 0 aliphatic heterocycles. The van der Waals surface area contributed by atoms with Crippen LogP contribution in [0.1, 0.15) is 51.4 Å². The molecule has 0 heterocycles. The van der Waals surface area contributed by atoms with Gasteiger partial charge >= 0.3 is 7.60 Å². The molecule has 0 aliphatic rings. The number of nitrogens with two attached hydrogens (primary N) is 1. The van der Waals surface area contributed by atoms with E-state index in [1.807, 2.05) is 0 Å². The van der Waals surface area contributed by atoms with E-state index >= 15 is 0 Å². The van der Waals surface area contributed by atoms with Gasteiger partial charge in [-0.15, -0.1) is 0 Å². The minimum Gasteiger partial charge on any atom is -0.330 e. The lowest BCUT2D eigenvalue weighted by Crippen LogP contribution is -1.97. The SMILES string of the molecule is NCCCCCCCCCCP(=O)(O)O. The van der Waals surface area contributed by atoms with Crippen molar-refractivity contribution in [2.75, 3.05) is 12.7 Å². The second kappa shape index (κ2) is 9.34. The van der Waals surface area contributed by atoms with E-state index in [-0.39, 0.29) is 6.16 Å². The standard InChI is InChI=1S/C10H24NO3P/c11-9-7-5-3-1-2-4-6-8-10-15(12,13)14/h1-11H2,(H2,12,13,14). The minimum atomic E-state index is -3.75. The molecule has 4 N–H and O–H groups in total. The topological polar surface area (TPSA) is 83.6 Å². The Balaban J connectivity index is 3.02. The Hall–Kier alpha value is 0.110. The molecule has 92 valence electrons. The van der Waals surface area contributed by atoms with Crippen molar-refractivity contribution in [2.45, 2.75) is 51.4 Å². The molecule has 0 unspecified atom stereocenters. The second-order valence-corrected chi connectivity index (χ2v) is 5.78. The quantitative estimate of drug-likeness (QED) is 0.402. The van der Waals surface area contributed by atoms with Crippen LogP contribution in [0.5, 0.6) is 0 Å². The van der Waals surface area contributed by atoms with Gasteiger partial charge in [0.1, 0.15) is 0 Å². The van der Waals surface area contributed by atoms with E-state index in [1.54, 1.807) is 0 Å². The van der Waals surface area contributed by atoms with Crippen molar-refractivity contribution in [3.63, 3.8) is 0 Å². The van der Waals surface area contributed by atoms with E-state index in [0.29, 0.717) is 6.42 Å². The molecular formula is C10H24NO3P. The monoisotopic (exact) mass is 237 g/mol. The van der Waals surface area contributed by atoms with Crippen LogP contribution in [-0.2, 0) is 4.57 Å². The van der Waals surface area contributed by atoms with Crippen molar-refractivity contribution < 1.29 is 14.4 Å². The summed E-state index contributed by atoms with van der Waals surface area (Å²) in [7, 11) is -3.75. The van der Waals surface area contributed by atoms with Crippen LogP contribution in [0, 0.1) is 0 Å². The van der Waals surface area contributed by atoms with Gasteiger partial charge in [-0.05, 0) is 19.4 Å². The van der Waals surface area contributed by atoms with Crippen molar-refractivity contribution in [1.82, 2.24) is 0 Å². The Morgan fingerprint density at radius 1 is 0.800 bits per heavy atom. The highest BCUT2D eigenvalue weighted by Gasteiger charge is 2.10. The molecule has 0 saturated heterocycles. The van der Waals surface area contributed by atoms with Crippen LogP contribution in [0.3, 0.4) is 0 Å². The van der Waals surface area contributed by atoms with Gasteiger partial charge in [0.15, 0.2) is 0 Å². The summed E-state index contributed by atoms with van der Waals surface area (Å²) in [6, 6.07) is 0. The van der Waals surface area contributed by atoms with Crippen molar-refractivity contribution in [3.05, 3.63) is 0 Å². The smallest absolute Gasteiger partial charge is 0.325 e. The van der Waals surface area contributed by atoms with Crippen LogP contribution < -0.4 is 5.73 Å². The zero-order valence-corrected chi connectivity index (χ0v) is 10.3. The van der Waals surface area contributed by atoms with Gasteiger partial charge in [0.2, 0.25) is 0 Å². The molecule has 0 rings (SSSR count). The maximum atomic E-state index is 10.5. The maximum absolute atomic E-state index is 10.5. The van der Waals surface area contributed by atoms with Gasteiger partial charge in [-0.3, -0.25) is 4.57 Å². The van der Waals surface area contributed by atoms with Crippen molar-refractivity contribution in [3.8, 4) is 0 Å². The predicted molar refractivity (Wildman–Crippen MR) is 62.9 cm³/mol. The van der Waals surface area contributed by atoms with Crippen LogP contribution in [0.4, 0.5) is 0 Å². The van der Waals surface area contributed by atoms with Crippen LogP contribution in [0.2, 0.25) is 0 Å². The first kappa shape index (κ1) is 15.1. The van der Waals surface area contributed by atoms with Gasteiger partial charge in [-0.1, -0.05) is 38.5 Å². The Bertz CT molecular complexity index is 182. The number of hydrogen-bond donors (Lipinski definition) is 3. The Kier molecular flexibility index (Phi) is 9.41. The van der Waals surface area contributed by atoms with Crippen LogP contribution >= 0.6 is 7.60 Å². The summed E-state index contributed by atoms with van der Waals surface area (Å²) in [5.74, 6) is 0. The molecule has 0 bridgehead atoms. The molecule has 0 spiro atoms. The van der Waals surface area contributed by atoms with Gasteiger partial charge in [-0.25, -0.2) is 0 Å². The molecule has 5 heteroatoms. The average molecular weight is 237 g/mol. The van der Waals surface area contributed by atoms with E-state index in [1.165, 1.54) is 25.7 Å². The minimum absolute atomic E-state index is 0.0418. The Labute approximate surface area is 92.4 Å². The molecule has 0 aromatic rings. The summed E-state index contributed by atoms with van der Waals surface area (Å²) < 4.78 is 10.5. The summed E-state index contributed by atoms with van der Waals surface area (Å²) >= 11 is 0. The van der Waals surface area contributed by atoms with Crippen molar-refractivity contribution in [1.29, 1.82) is 0 Å². The normalized spacial score (nSPS) is 11.9. The zero-order valence-electron chi connectivity index (χ0n) is 9.40. The third-order valence-electron chi connectivity index (χ3n) is 2.40. The first-order chi connectivity index (χ1) is 7.06. The molecule has 0 aliphatic carbocycles. The van der Waals surface area contributed by atoms with E-state index in [9.17, 15) is 4.57 Å². The second-order valence-electron chi connectivity index (χ2n) is 4.01. The van der Waals surface area contributed by atoms with Crippen molar-refractivity contribution >= 4 is 7.60 Å². The molecule has 15 heavy (non-hydrogen) atoms. The van der Waals surface area contributed by atoms with Gasteiger partial charge in [0.05, 0.1) is 0 Å². The molecule has 0 amide bonds. The fourth-order valence-electron chi connectivity index (χ4n) is 1.52. The predicted octanol–water partition coefficient (Wildman–Crippen LogP) is 2.24. The fraction of sp³-hybridized carbons (Fsp3) is 1.00. The summed E-state index contributed by atoms with van der Waals surface area (Å²) in [5, 5.41) is 0. The zero-order chi connectivity index (χ0) is 11.6. The third kappa shape index (κ3) is 14.1. The van der Waals surface area contributed by atoms with E-state index in [4.69, 9.17) is 15.5 Å². The molecule has 0 aromatic carbocycles. The number of unbranched alkanes of at least 4 members (excludes halogenated alkanes) is 7. The highest BCUT2D eigenvalue weighted by atomic mass is 31.2. The molecule has 0 radical (unpaired) electrons. The highest BCUT2D eigenvalue weighted by molar-refractivity contribution is 7.51. The lowest BCUT2D eigenvalue weighted by molar-refractivity contribution is 0.370. The molecule has 4 nitrogen and oxygen atoms in total. The maximum Gasteiger partial charge on any atom is 0.325 e. The van der Waals surface area contributed by atoms with Crippen LogP contribution in [0.25, 0.3) is 0 Å². The Morgan fingerprint density at radius 2 is 1.20 bits per heavy atom. The number of hydrogen-bond acceptors (Lipinski definition) is 2. The molecule has 0 saturated carbocycles. The van der Waals surface area contributed by atoms with Gasteiger partial charge in [0.25, 0.3) is 0 Å². The highest BCUT2D eigenvalue weighted by Crippen LogP contribution is 2.35. The fourth-order valence-corrected chi connectivity index (χ4v) is 2.16. The summed E-state index contributed by atoms with van der Waals surface area (Å²) in [6.45, 7) is 0.780. The van der Waals surface area contributed by atoms with Gasteiger partial charge in [-0.2, -0.15) is 0 Å². The Morgan fingerprint density at radius 3 is 1.60 bits per heavy atom. The van der Waals surface area contributed by atoms with E-state index in [2.05, 4.69) is 0 Å². The van der Waals surface area contributed by atoms with E-state index in [0.717, 1.165) is 25.8 Å². The van der Waals surface area contributed by atoms with Gasteiger partial charge in [0, 0.05) is 6.16 Å². The van der Waals surface area contributed by atoms with Crippen molar-refractivity contribution in [2.24, 2.45) is 5.73 Å². The first-order valence-electron chi connectivity index (χ1n) is 5.81. The number of rotatable bonds is 10. The largest absolute Gasteiger partial charge is 0.330 e. The summed E-state index contributed by atoms with van der Waals surface area (Å²) in [4.78, 5) is 17.2. The summed E-state index contributed by atoms with van der Waals surface area (Å²) in [5.41, 5.74) is 5.38.